The SMILES string of the molecule is CCCCCC[C@@H](F)COc1ccc(C(=O)Oc2ccc(-c3ccc(OCCCCCCCCCCOC(=O)c4cccs4)cc3)cc2)cc1. The zero-order valence-electron chi connectivity index (χ0n) is 29.3. The molecule has 1 aromatic heterocycles. The zero-order valence-corrected chi connectivity index (χ0v) is 30.1. The van der Waals surface area contributed by atoms with Crippen LogP contribution in [-0.2, 0) is 4.74 Å². The number of ether oxygens (including phenoxy) is 4. The van der Waals surface area contributed by atoms with E-state index in [1.807, 2.05) is 47.8 Å². The number of rotatable bonds is 24. The van der Waals surface area contributed by atoms with Crippen molar-refractivity contribution in [3.05, 3.63) is 101 Å². The Balaban J connectivity index is 1.05. The van der Waals surface area contributed by atoms with Gasteiger partial charge in [-0.1, -0.05) is 101 Å². The maximum Gasteiger partial charge on any atom is 0.348 e. The van der Waals surface area contributed by atoms with Crippen LogP contribution in [0.4, 0.5) is 4.39 Å². The second-order valence-electron chi connectivity index (χ2n) is 12.5. The highest BCUT2D eigenvalue weighted by Crippen LogP contribution is 2.26. The van der Waals surface area contributed by atoms with Crippen molar-refractivity contribution in [2.45, 2.75) is 96.6 Å². The van der Waals surface area contributed by atoms with Gasteiger partial charge in [-0.25, -0.2) is 14.0 Å². The number of alkyl halides is 1. The summed E-state index contributed by atoms with van der Waals surface area (Å²) in [5.74, 6) is 1.15. The minimum absolute atomic E-state index is 0.0149. The molecule has 4 rings (SSSR count). The Hall–Kier alpha value is -4.17. The molecular weight excluding hydrogens is 652 g/mol. The quantitative estimate of drug-likeness (QED) is 0.0411. The van der Waals surface area contributed by atoms with E-state index in [1.54, 1.807) is 42.5 Å². The molecule has 0 spiro atoms. The lowest BCUT2D eigenvalue weighted by molar-refractivity contribution is 0.0503. The molecule has 0 N–H and O–H groups in total. The van der Waals surface area contributed by atoms with E-state index in [-0.39, 0.29) is 12.6 Å². The third kappa shape index (κ3) is 14.4. The summed E-state index contributed by atoms with van der Waals surface area (Å²) in [7, 11) is 0. The fourth-order valence-electron chi connectivity index (χ4n) is 5.46. The van der Waals surface area contributed by atoms with Crippen LogP contribution in [0, 0.1) is 0 Å². The number of hydrogen-bond acceptors (Lipinski definition) is 7. The smallest absolute Gasteiger partial charge is 0.348 e. The summed E-state index contributed by atoms with van der Waals surface area (Å²) in [6, 6.07) is 25.7. The van der Waals surface area contributed by atoms with Crippen LogP contribution in [-0.4, -0.2) is 37.9 Å². The Bertz CT molecular complexity index is 1500. The second-order valence-corrected chi connectivity index (χ2v) is 13.5. The van der Waals surface area contributed by atoms with Gasteiger partial charge in [0, 0.05) is 0 Å². The number of carbonyl (C=O) groups excluding carboxylic acids is 2. The first-order chi connectivity index (χ1) is 24.5. The molecule has 0 radical (unpaired) electrons. The average molecular weight is 703 g/mol. The van der Waals surface area contributed by atoms with Crippen LogP contribution in [0.2, 0.25) is 0 Å². The normalized spacial score (nSPS) is 11.6. The van der Waals surface area contributed by atoms with E-state index in [0.29, 0.717) is 41.6 Å². The number of benzene rings is 3. The molecular formula is C42H51FO6S. The van der Waals surface area contributed by atoms with Gasteiger partial charge in [0.25, 0.3) is 0 Å². The summed E-state index contributed by atoms with van der Waals surface area (Å²) in [5.41, 5.74) is 2.45. The Morgan fingerprint density at radius 3 is 1.80 bits per heavy atom. The molecule has 1 heterocycles. The van der Waals surface area contributed by atoms with Gasteiger partial charge in [-0.15, -0.1) is 11.3 Å². The molecule has 0 saturated carbocycles. The van der Waals surface area contributed by atoms with Crippen LogP contribution in [0.5, 0.6) is 17.2 Å². The summed E-state index contributed by atoms with van der Waals surface area (Å²) >= 11 is 1.41. The van der Waals surface area contributed by atoms with Crippen LogP contribution in [0.1, 0.15) is 110 Å². The Morgan fingerprint density at radius 1 is 0.620 bits per heavy atom. The van der Waals surface area contributed by atoms with Crippen LogP contribution < -0.4 is 14.2 Å². The highest BCUT2D eigenvalue weighted by molar-refractivity contribution is 7.11. The number of hydrogen-bond donors (Lipinski definition) is 0. The number of thiophene rings is 1. The number of halogens is 1. The predicted octanol–water partition coefficient (Wildman–Crippen LogP) is 11.7. The standard InChI is InChI=1S/C42H51FO6S/c1-2-3-4-11-15-36(43)32-48-38-25-21-35(22-26-38)41(44)49-39-27-19-34(20-28-39)33-17-23-37(24-18-33)46-29-12-9-7-5-6-8-10-13-30-47-42(45)40-16-14-31-50-40/h14,16-28,31,36H,2-13,15,29-30,32H2,1H3/t36-/m1/s1. The van der Waals surface area contributed by atoms with Crippen molar-refractivity contribution in [1.29, 1.82) is 0 Å². The molecule has 0 aliphatic rings. The molecule has 0 amide bonds. The summed E-state index contributed by atoms with van der Waals surface area (Å²) in [5, 5.41) is 1.88. The van der Waals surface area contributed by atoms with Gasteiger partial charge < -0.3 is 18.9 Å². The van der Waals surface area contributed by atoms with Crippen LogP contribution in [0.15, 0.2) is 90.3 Å². The first-order valence-corrected chi connectivity index (χ1v) is 19.0. The summed E-state index contributed by atoms with van der Waals surface area (Å²) in [6.45, 7) is 3.34. The Morgan fingerprint density at radius 2 is 1.18 bits per heavy atom. The van der Waals surface area contributed by atoms with E-state index >= 15 is 0 Å². The Kier molecular flexibility index (Phi) is 17.4. The maximum absolute atomic E-state index is 14.1. The first-order valence-electron chi connectivity index (χ1n) is 18.1. The van der Waals surface area contributed by atoms with Crippen molar-refractivity contribution in [2.24, 2.45) is 0 Å². The van der Waals surface area contributed by atoms with Gasteiger partial charge >= 0.3 is 11.9 Å². The van der Waals surface area contributed by atoms with Gasteiger partial charge in [-0.2, -0.15) is 0 Å². The number of unbranched alkanes of at least 4 members (excludes halogenated alkanes) is 10. The fraction of sp³-hybridized carbons (Fsp3) is 0.429. The minimum atomic E-state index is -0.992. The van der Waals surface area contributed by atoms with Crippen molar-refractivity contribution in [3.8, 4) is 28.4 Å². The fourth-order valence-corrected chi connectivity index (χ4v) is 6.08. The molecule has 50 heavy (non-hydrogen) atoms. The second kappa shape index (κ2) is 22.5. The third-order valence-corrected chi connectivity index (χ3v) is 9.26. The summed E-state index contributed by atoms with van der Waals surface area (Å²) in [6.07, 6.45) is 12.7. The molecule has 0 aliphatic heterocycles. The minimum Gasteiger partial charge on any atom is -0.494 e. The number of esters is 2. The monoisotopic (exact) mass is 702 g/mol. The van der Waals surface area contributed by atoms with Crippen molar-refractivity contribution in [3.63, 3.8) is 0 Å². The molecule has 8 heteroatoms. The van der Waals surface area contributed by atoms with Gasteiger partial charge in [0.2, 0.25) is 0 Å². The van der Waals surface area contributed by atoms with Crippen molar-refractivity contribution < 1.29 is 32.9 Å². The zero-order chi connectivity index (χ0) is 35.2. The van der Waals surface area contributed by atoms with Gasteiger partial charge in [0.1, 0.15) is 34.9 Å². The van der Waals surface area contributed by atoms with E-state index in [0.717, 1.165) is 68.2 Å². The van der Waals surface area contributed by atoms with E-state index in [9.17, 15) is 14.0 Å². The third-order valence-electron chi connectivity index (χ3n) is 8.41. The largest absolute Gasteiger partial charge is 0.494 e. The van der Waals surface area contributed by atoms with Gasteiger partial charge in [0.05, 0.1) is 18.8 Å². The summed E-state index contributed by atoms with van der Waals surface area (Å²) in [4.78, 5) is 25.1. The molecule has 0 saturated heterocycles. The molecule has 6 nitrogen and oxygen atoms in total. The molecule has 0 aliphatic carbocycles. The molecule has 0 fully saturated rings. The molecule has 0 bridgehead atoms. The summed E-state index contributed by atoms with van der Waals surface area (Å²) < 4.78 is 36.4. The Labute approximate surface area is 300 Å². The lowest BCUT2D eigenvalue weighted by atomic mass is 10.1. The van der Waals surface area contributed by atoms with E-state index in [1.165, 1.54) is 37.0 Å². The lowest BCUT2D eigenvalue weighted by Gasteiger charge is -2.11. The predicted molar refractivity (Wildman–Crippen MR) is 199 cm³/mol. The van der Waals surface area contributed by atoms with Crippen molar-refractivity contribution >= 4 is 23.3 Å². The average Bonchev–Trinajstić information content (AvgIpc) is 3.69. The van der Waals surface area contributed by atoms with Crippen LogP contribution in [0.3, 0.4) is 0 Å². The van der Waals surface area contributed by atoms with Gasteiger partial charge in [0.15, 0.2) is 0 Å². The van der Waals surface area contributed by atoms with Crippen molar-refractivity contribution in [2.75, 3.05) is 19.8 Å². The van der Waals surface area contributed by atoms with Crippen LogP contribution in [0.25, 0.3) is 11.1 Å². The highest BCUT2D eigenvalue weighted by Gasteiger charge is 2.12. The van der Waals surface area contributed by atoms with Crippen molar-refractivity contribution in [1.82, 2.24) is 0 Å². The van der Waals surface area contributed by atoms with Gasteiger partial charge in [-0.05, 0) is 90.4 Å². The lowest BCUT2D eigenvalue weighted by Crippen LogP contribution is -2.13. The molecule has 0 unspecified atom stereocenters. The maximum atomic E-state index is 14.1. The van der Waals surface area contributed by atoms with Gasteiger partial charge in [-0.3, -0.25) is 0 Å². The topological polar surface area (TPSA) is 71.1 Å². The highest BCUT2D eigenvalue weighted by atomic mass is 32.1. The van der Waals surface area contributed by atoms with E-state index in [2.05, 4.69) is 6.92 Å². The first kappa shape index (κ1) is 38.6. The van der Waals surface area contributed by atoms with E-state index < -0.39 is 12.1 Å². The number of carbonyl (C=O) groups is 2. The van der Waals surface area contributed by atoms with E-state index in [4.69, 9.17) is 18.9 Å². The van der Waals surface area contributed by atoms with Crippen LogP contribution >= 0.6 is 11.3 Å². The molecule has 3 aromatic carbocycles. The molecule has 1 atom stereocenters. The molecule has 268 valence electrons. The molecule has 4 aromatic rings.